The monoisotopic (exact) mass is 404 g/mol. The fraction of sp³-hybridized carbons (Fsp3) is 0.348. The van der Waals surface area contributed by atoms with Crippen LogP contribution in [0.4, 0.5) is 0 Å². The topological polar surface area (TPSA) is 48.8 Å². The molecule has 1 saturated heterocycles. The molecule has 2 aliphatic rings. The van der Waals surface area contributed by atoms with Crippen LogP contribution in [0.1, 0.15) is 35.8 Å². The molecule has 0 spiro atoms. The van der Waals surface area contributed by atoms with Crippen LogP contribution in [0.25, 0.3) is 10.2 Å². The average molecular weight is 405 g/mol. The lowest BCUT2D eigenvalue weighted by Gasteiger charge is -2.31. The van der Waals surface area contributed by atoms with Gasteiger partial charge in [-0.05, 0) is 37.1 Å². The Kier molecular flexibility index (Phi) is 5.12. The molecule has 2 aromatic carbocycles. The van der Waals surface area contributed by atoms with Crippen molar-refractivity contribution in [2.75, 3.05) is 26.2 Å². The van der Waals surface area contributed by atoms with Crippen molar-refractivity contribution in [2.24, 2.45) is 5.10 Å². The molecule has 3 aromatic rings. The van der Waals surface area contributed by atoms with E-state index in [9.17, 15) is 4.79 Å². The maximum Gasteiger partial charge on any atom is 0.256 e. The number of hydrazone groups is 1. The van der Waals surface area contributed by atoms with Crippen molar-refractivity contribution in [1.82, 2.24) is 14.9 Å². The number of aromatic nitrogens is 1. The maximum atomic E-state index is 12.8. The molecule has 1 atom stereocenters. The van der Waals surface area contributed by atoms with E-state index in [1.165, 1.54) is 9.71 Å². The van der Waals surface area contributed by atoms with Crippen LogP contribution in [0.3, 0.4) is 0 Å². The van der Waals surface area contributed by atoms with E-state index in [2.05, 4.69) is 40.3 Å². The number of hydrogen-bond acceptors (Lipinski definition) is 5. The number of para-hydroxylation sites is 1. The predicted molar refractivity (Wildman–Crippen MR) is 117 cm³/mol. The van der Waals surface area contributed by atoms with Crippen LogP contribution in [0.2, 0.25) is 0 Å². The van der Waals surface area contributed by atoms with Crippen LogP contribution < -0.4 is 0 Å². The van der Waals surface area contributed by atoms with E-state index in [0.717, 1.165) is 49.1 Å². The zero-order valence-corrected chi connectivity index (χ0v) is 17.1. The van der Waals surface area contributed by atoms with Crippen LogP contribution in [0.15, 0.2) is 59.7 Å². The molecule has 1 aromatic heterocycles. The van der Waals surface area contributed by atoms with E-state index < -0.39 is 0 Å². The molecule has 3 heterocycles. The fourth-order valence-electron chi connectivity index (χ4n) is 4.21. The van der Waals surface area contributed by atoms with E-state index >= 15 is 0 Å². The van der Waals surface area contributed by atoms with Gasteiger partial charge in [0.15, 0.2) is 0 Å². The molecule has 29 heavy (non-hydrogen) atoms. The molecule has 2 aliphatic heterocycles. The summed E-state index contributed by atoms with van der Waals surface area (Å²) >= 11 is 1.79. The summed E-state index contributed by atoms with van der Waals surface area (Å²) in [4.78, 5) is 20.0. The Morgan fingerprint density at radius 1 is 1.07 bits per heavy atom. The minimum atomic E-state index is 0.0980. The molecule has 0 unspecified atom stereocenters. The molecule has 0 radical (unpaired) electrons. The van der Waals surface area contributed by atoms with E-state index in [1.54, 1.807) is 16.3 Å². The normalized spacial score (nSPS) is 20.2. The number of carbonyl (C=O) groups is 1. The second kappa shape index (κ2) is 8.05. The number of piperidine rings is 1. The Bertz CT molecular complexity index is 1010. The average Bonchev–Trinajstić information content (AvgIpc) is 3.42. The highest BCUT2D eigenvalue weighted by molar-refractivity contribution is 7.18. The van der Waals surface area contributed by atoms with Gasteiger partial charge >= 0.3 is 0 Å². The number of fused-ring (bicyclic) bond motifs is 1. The second-order valence-electron chi connectivity index (χ2n) is 7.77. The molecule has 5 nitrogen and oxygen atoms in total. The van der Waals surface area contributed by atoms with Gasteiger partial charge in [-0.25, -0.2) is 9.99 Å². The molecule has 0 aliphatic carbocycles. The van der Waals surface area contributed by atoms with Crippen LogP contribution in [0.5, 0.6) is 0 Å². The zero-order valence-electron chi connectivity index (χ0n) is 16.3. The summed E-state index contributed by atoms with van der Waals surface area (Å²) in [7, 11) is 0. The highest BCUT2D eigenvalue weighted by Crippen LogP contribution is 2.33. The van der Waals surface area contributed by atoms with Crippen LogP contribution in [-0.2, 0) is 4.79 Å². The van der Waals surface area contributed by atoms with Crippen LogP contribution in [-0.4, -0.2) is 52.7 Å². The predicted octanol–water partition coefficient (Wildman–Crippen LogP) is 4.11. The largest absolute Gasteiger partial charge is 0.294 e. The number of nitrogens with zero attached hydrogens (tertiary/aromatic N) is 4. The fourth-order valence-corrected chi connectivity index (χ4v) is 5.30. The van der Waals surface area contributed by atoms with Crippen molar-refractivity contribution in [3.05, 3.63) is 65.2 Å². The summed E-state index contributed by atoms with van der Waals surface area (Å²) in [5, 5.41) is 7.45. The Balaban J connectivity index is 1.23. The van der Waals surface area contributed by atoms with Crippen molar-refractivity contribution in [2.45, 2.75) is 25.2 Å². The van der Waals surface area contributed by atoms with Gasteiger partial charge in [0, 0.05) is 18.9 Å². The van der Waals surface area contributed by atoms with Gasteiger partial charge in [-0.3, -0.25) is 9.69 Å². The molecular weight excluding hydrogens is 380 g/mol. The SMILES string of the molecule is O=C(CN1CCC[C@@H](c2nc3ccccc3s2)C1)N1CCC(c2ccccc2)=N1. The Morgan fingerprint density at radius 2 is 1.90 bits per heavy atom. The van der Waals surface area contributed by atoms with Crippen LogP contribution in [0, 0.1) is 0 Å². The first-order valence-electron chi connectivity index (χ1n) is 10.3. The molecule has 5 rings (SSSR count). The number of thiazole rings is 1. The number of likely N-dealkylation sites (tertiary alicyclic amines) is 1. The van der Waals surface area contributed by atoms with E-state index in [-0.39, 0.29) is 5.91 Å². The summed E-state index contributed by atoms with van der Waals surface area (Å²) < 4.78 is 1.25. The minimum absolute atomic E-state index is 0.0980. The van der Waals surface area contributed by atoms with E-state index in [0.29, 0.717) is 19.0 Å². The molecule has 0 N–H and O–H groups in total. The summed E-state index contributed by atoms with van der Waals surface area (Å²) in [5.74, 6) is 0.511. The van der Waals surface area contributed by atoms with Gasteiger partial charge in [-0.1, -0.05) is 42.5 Å². The van der Waals surface area contributed by atoms with Gasteiger partial charge in [0.1, 0.15) is 0 Å². The Labute approximate surface area is 174 Å². The van der Waals surface area contributed by atoms with Gasteiger partial charge < -0.3 is 0 Å². The van der Waals surface area contributed by atoms with Crippen molar-refractivity contribution in [3.8, 4) is 0 Å². The highest BCUT2D eigenvalue weighted by atomic mass is 32.1. The number of benzene rings is 2. The molecule has 0 bridgehead atoms. The lowest BCUT2D eigenvalue weighted by Crippen LogP contribution is -2.41. The molecule has 1 amide bonds. The number of rotatable bonds is 4. The summed E-state index contributed by atoms with van der Waals surface area (Å²) in [6.07, 6.45) is 3.07. The van der Waals surface area contributed by atoms with Gasteiger partial charge in [0.25, 0.3) is 5.91 Å². The van der Waals surface area contributed by atoms with Crippen molar-refractivity contribution < 1.29 is 4.79 Å². The molecular formula is C23H24N4OS. The quantitative estimate of drug-likeness (QED) is 0.657. The van der Waals surface area contributed by atoms with E-state index in [4.69, 9.17) is 4.98 Å². The molecule has 0 saturated carbocycles. The van der Waals surface area contributed by atoms with Crippen molar-refractivity contribution in [3.63, 3.8) is 0 Å². The number of amides is 1. The van der Waals surface area contributed by atoms with Gasteiger partial charge in [0.2, 0.25) is 0 Å². The molecule has 1 fully saturated rings. The first-order valence-corrected chi connectivity index (χ1v) is 11.1. The summed E-state index contributed by atoms with van der Waals surface area (Å²) in [5.41, 5.74) is 3.20. The first kappa shape index (κ1) is 18.5. The Hall–Kier alpha value is -2.57. The lowest BCUT2D eigenvalue weighted by molar-refractivity contribution is -0.132. The third kappa shape index (κ3) is 3.95. The number of carbonyl (C=O) groups excluding carboxylic acids is 1. The summed E-state index contributed by atoms with van der Waals surface area (Å²) in [6.45, 7) is 2.98. The molecule has 6 heteroatoms. The van der Waals surface area contributed by atoms with Crippen molar-refractivity contribution >= 4 is 33.2 Å². The van der Waals surface area contributed by atoms with Crippen molar-refractivity contribution in [1.29, 1.82) is 0 Å². The second-order valence-corrected chi connectivity index (χ2v) is 8.84. The minimum Gasteiger partial charge on any atom is -0.294 e. The smallest absolute Gasteiger partial charge is 0.256 e. The third-order valence-electron chi connectivity index (χ3n) is 5.72. The van der Waals surface area contributed by atoms with Gasteiger partial charge in [0.05, 0.1) is 34.0 Å². The Morgan fingerprint density at radius 3 is 2.76 bits per heavy atom. The third-order valence-corrected chi connectivity index (χ3v) is 6.92. The zero-order chi connectivity index (χ0) is 19.6. The maximum absolute atomic E-state index is 12.8. The van der Waals surface area contributed by atoms with Gasteiger partial charge in [-0.15, -0.1) is 11.3 Å². The van der Waals surface area contributed by atoms with Crippen LogP contribution >= 0.6 is 11.3 Å². The van der Waals surface area contributed by atoms with Gasteiger partial charge in [-0.2, -0.15) is 5.10 Å². The van der Waals surface area contributed by atoms with E-state index in [1.807, 2.05) is 24.3 Å². The summed E-state index contributed by atoms with van der Waals surface area (Å²) in [6, 6.07) is 18.5. The number of hydrogen-bond donors (Lipinski definition) is 0. The first-order chi connectivity index (χ1) is 14.3. The lowest BCUT2D eigenvalue weighted by atomic mass is 9.99. The molecule has 148 valence electrons. The highest BCUT2D eigenvalue weighted by Gasteiger charge is 2.28. The standard InChI is InChI=1S/C23H24N4OS/c28-22(27-14-12-19(25-27)17-7-2-1-3-8-17)16-26-13-6-9-18(15-26)23-24-20-10-4-5-11-21(20)29-23/h1-5,7-8,10-11,18H,6,9,12-16H2/t18-/m1/s1.